The molecular weight excluding hydrogens is 182 g/mol. The van der Waals surface area contributed by atoms with Crippen molar-refractivity contribution in [1.82, 2.24) is 9.55 Å². The zero-order valence-corrected chi connectivity index (χ0v) is 6.56. The molecule has 0 spiro atoms. The molecule has 0 fully saturated rings. The first kappa shape index (κ1) is 9.43. The average molecular weight is 190 g/mol. The number of amidine groups is 1. The van der Waals surface area contributed by atoms with Crippen LogP contribution in [0.15, 0.2) is 17.5 Å². The molecule has 0 amide bonds. The number of alkyl halides is 2. The van der Waals surface area contributed by atoms with Gasteiger partial charge in [-0.3, -0.25) is 0 Å². The number of imidazole rings is 1. The predicted molar refractivity (Wildman–Crippen MR) is 40.7 cm³/mol. The monoisotopic (exact) mass is 190 g/mol. The van der Waals surface area contributed by atoms with Gasteiger partial charge in [0.25, 0.3) is 6.43 Å². The normalized spacial score (nSPS) is 12.4. The number of hydrogen-bond acceptors (Lipinski definition) is 3. The summed E-state index contributed by atoms with van der Waals surface area (Å²) in [5, 5.41) is 11.0. The number of nitrogens with two attached hydrogens (primary N) is 1. The fraction of sp³-hybridized carbons (Fsp3) is 0.333. The van der Waals surface area contributed by atoms with Crippen molar-refractivity contribution >= 4 is 5.84 Å². The van der Waals surface area contributed by atoms with E-state index in [1.807, 2.05) is 0 Å². The molecule has 1 heterocycles. The maximum atomic E-state index is 12.0. The van der Waals surface area contributed by atoms with E-state index in [1.54, 1.807) is 0 Å². The Morgan fingerprint density at radius 1 is 1.77 bits per heavy atom. The van der Waals surface area contributed by atoms with Gasteiger partial charge in [0.1, 0.15) is 0 Å². The standard InChI is InChI=1S/C6H8F2N4O/c7-4(8)3-12-2-1-10-6(12)5(9)11-13/h1-2,4,13H,3H2,(H2,9,11). The lowest BCUT2D eigenvalue weighted by atomic mass is 10.5. The first-order chi connectivity index (χ1) is 6.15. The summed E-state index contributed by atoms with van der Waals surface area (Å²) in [5.74, 6) is -0.256. The molecule has 13 heavy (non-hydrogen) atoms. The summed E-state index contributed by atoms with van der Waals surface area (Å²) in [6.07, 6.45) is 0.134. The van der Waals surface area contributed by atoms with E-state index in [0.717, 1.165) is 4.57 Å². The van der Waals surface area contributed by atoms with Crippen LogP contribution in [0, 0.1) is 0 Å². The summed E-state index contributed by atoms with van der Waals surface area (Å²) in [7, 11) is 0. The van der Waals surface area contributed by atoms with Crippen molar-refractivity contribution in [3.8, 4) is 0 Å². The van der Waals surface area contributed by atoms with E-state index in [4.69, 9.17) is 10.9 Å². The van der Waals surface area contributed by atoms with Crippen LogP contribution < -0.4 is 5.73 Å². The van der Waals surface area contributed by atoms with Gasteiger partial charge in [-0.25, -0.2) is 13.8 Å². The van der Waals surface area contributed by atoms with Crippen molar-refractivity contribution in [3.63, 3.8) is 0 Å². The van der Waals surface area contributed by atoms with Crippen LogP contribution in [0.5, 0.6) is 0 Å². The van der Waals surface area contributed by atoms with Crippen molar-refractivity contribution in [1.29, 1.82) is 0 Å². The number of nitrogens with zero attached hydrogens (tertiary/aromatic N) is 3. The Morgan fingerprint density at radius 2 is 2.46 bits per heavy atom. The van der Waals surface area contributed by atoms with Crippen LogP contribution in [0.2, 0.25) is 0 Å². The predicted octanol–water partition coefficient (Wildman–Crippen LogP) is 0.243. The van der Waals surface area contributed by atoms with Crippen LogP contribution in [0.25, 0.3) is 0 Å². The van der Waals surface area contributed by atoms with Crippen molar-refractivity contribution < 1.29 is 14.0 Å². The number of halogens is 2. The lowest BCUT2D eigenvalue weighted by molar-refractivity contribution is 0.126. The SMILES string of the molecule is NC(=NO)c1nccn1CC(F)F. The Labute approximate surface area is 72.5 Å². The topological polar surface area (TPSA) is 76.4 Å². The molecular formula is C6H8F2N4O. The zero-order chi connectivity index (χ0) is 9.84. The van der Waals surface area contributed by atoms with Crippen LogP contribution in [0.4, 0.5) is 8.78 Å². The van der Waals surface area contributed by atoms with Crippen molar-refractivity contribution in [2.24, 2.45) is 10.9 Å². The molecule has 0 radical (unpaired) electrons. The van der Waals surface area contributed by atoms with E-state index in [1.165, 1.54) is 12.4 Å². The molecule has 0 saturated carbocycles. The summed E-state index contributed by atoms with van der Waals surface area (Å²) >= 11 is 0. The van der Waals surface area contributed by atoms with Crippen LogP contribution >= 0.6 is 0 Å². The lowest BCUT2D eigenvalue weighted by Crippen LogP contribution is -2.21. The minimum atomic E-state index is -2.50. The molecule has 1 aromatic rings. The summed E-state index contributed by atoms with van der Waals surface area (Å²) in [5.41, 5.74) is 5.19. The molecule has 0 aliphatic heterocycles. The van der Waals surface area contributed by atoms with Gasteiger partial charge in [0.2, 0.25) is 5.84 Å². The Kier molecular flexibility index (Phi) is 2.78. The molecule has 7 heteroatoms. The summed E-state index contributed by atoms with van der Waals surface area (Å²) < 4.78 is 25.0. The molecule has 0 bridgehead atoms. The van der Waals surface area contributed by atoms with Gasteiger partial charge >= 0.3 is 0 Å². The van der Waals surface area contributed by atoms with Crippen LogP contribution in [-0.2, 0) is 6.54 Å². The third-order valence-electron chi connectivity index (χ3n) is 1.39. The van der Waals surface area contributed by atoms with E-state index < -0.39 is 13.0 Å². The highest BCUT2D eigenvalue weighted by Gasteiger charge is 2.11. The summed E-state index contributed by atoms with van der Waals surface area (Å²) in [6, 6.07) is 0. The second-order valence-corrected chi connectivity index (χ2v) is 2.28. The molecule has 5 nitrogen and oxygen atoms in total. The third-order valence-corrected chi connectivity index (χ3v) is 1.39. The maximum Gasteiger partial charge on any atom is 0.256 e. The van der Waals surface area contributed by atoms with Crippen molar-refractivity contribution in [2.45, 2.75) is 13.0 Å². The van der Waals surface area contributed by atoms with Crippen LogP contribution in [0.3, 0.4) is 0 Å². The summed E-state index contributed by atoms with van der Waals surface area (Å²) in [6.45, 7) is -0.522. The van der Waals surface area contributed by atoms with Gasteiger partial charge in [0, 0.05) is 12.4 Å². The van der Waals surface area contributed by atoms with Gasteiger partial charge in [0.05, 0.1) is 6.54 Å². The van der Waals surface area contributed by atoms with Gasteiger partial charge in [-0.2, -0.15) is 0 Å². The van der Waals surface area contributed by atoms with Gasteiger partial charge in [0.15, 0.2) is 5.82 Å². The maximum absolute atomic E-state index is 12.0. The third kappa shape index (κ3) is 2.14. The number of aromatic nitrogens is 2. The van der Waals surface area contributed by atoms with E-state index in [-0.39, 0.29) is 11.7 Å². The molecule has 0 saturated heterocycles. The lowest BCUT2D eigenvalue weighted by Gasteiger charge is -2.04. The van der Waals surface area contributed by atoms with E-state index in [9.17, 15) is 8.78 Å². The van der Waals surface area contributed by atoms with E-state index in [0.29, 0.717) is 0 Å². The first-order valence-electron chi connectivity index (χ1n) is 3.42. The van der Waals surface area contributed by atoms with E-state index in [2.05, 4.69) is 10.1 Å². The Hall–Kier alpha value is -1.66. The number of oxime groups is 1. The van der Waals surface area contributed by atoms with Crippen molar-refractivity contribution in [3.05, 3.63) is 18.2 Å². The second kappa shape index (κ2) is 3.83. The van der Waals surface area contributed by atoms with Gasteiger partial charge < -0.3 is 15.5 Å². The van der Waals surface area contributed by atoms with Crippen LogP contribution in [-0.4, -0.2) is 27.0 Å². The largest absolute Gasteiger partial charge is 0.409 e. The minimum absolute atomic E-state index is 0.0304. The molecule has 0 unspecified atom stereocenters. The van der Waals surface area contributed by atoms with Gasteiger partial charge in [-0.1, -0.05) is 5.16 Å². The fourth-order valence-electron chi connectivity index (χ4n) is 0.883. The smallest absolute Gasteiger partial charge is 0.256 e. The van der Waals surface area contributed by atoms with Gasteiger partial charge in [-0.05, 0) is 0 Å². The second-order valence-electron chi connectivity index (χ2n) is 2.28. The minimum Gasteiger partial charge on any atom is -0.409 e. The quantitative estimate of drug-likeness (QED) is 0.310. The first-order valence-corrected chi connectivity index (χ1v) is 3.42. The van der Waals surface area contributed by atoms with Gasteiger partial charge in [-0.15, -0.1) is 0 Å². The molecule has 0 aliphatic carbocycles. The molecule has 72 valence electrons. The highest BCUT2D eigenvalue weighted by molar-refractivity contribution is 5.93. The Morgan fingerprint density at radius 3 is 3.00 bits per heavy atom. The molecule has 0 aliphatic rings. The molecule has 0 aromatic carbocycles. The van der Waals surface area contributed by atoms with Crippen molar-refractivity contribution in [2.75, 3.05) is 0 Å². The zero-order valence-electron chi connectivity index (χ0n) is 6.56. The Balaban J connectivity index is 2.89. The molecule has 1 rings (SSSR count). The number of hydrogen-bond donors (Lipinski definition) is 2. The molecule has 1 aromatic heterocycles. The summed E-state index contributed by atoms with van der Waals surface area (Å²) in [4.78, 5) is 3.65. The highest BCUT2D eigenvalue weighted by Crippen LogP contribution is 2.02. The highest BCUT2D eigenvalue weighted by atomic mass is 19.3. The number of rotatable bonds is 3. The van der Waals surface area contributed by atoms with E-state index >= 15 is 0 Å². The Bertz CT molecular complexity index is 309. The molecule has 3 N–H and O–H groups in total. The fourth-order valence-corrected chi connectivity index (χ4v) is 0.883. The average Bonchev–Trinajstić information content (AvgIpc) is 2.50. The molecule has 0 atom stereocenters. The van der Waals surface area contributed by atoms with Crippen LogP contribution in [0.1, 0.15) is 5.82 Å².